The summed E-state index contributed by atoms with van der Waals surface area (Å²) in [6.07, 6.45) is 0.334. The zero-order valence-corrected chi connectivity index (χ0v) is 11.7. The van der Waals surface area contributed by atoms with Gasteiger partial charge in [0.25, 0.3) is 0 Å². The molecule has 17 heavy (non-hydrogen) atoms. The lowest BCUT2D eigenvalue weighted by atomic mass is 10.1. The summed E-state index contributed by atoms with van der Waals surface area (Å²) in [5.41, 5.74) is 1.11. The number of halogens is 1. The van der Waals surface area contributed by atoms with E-state index < -0.39 is 0 Å². The normalized spacial score (nSPS) is 20.1. The highest BCUT2D eigenvalue weighted by Gasteiger charge is 2.24. The Morgan fingerprint density at radius 1 is 1.53 bits per heavy atom. The van der Waals surface area contributed by atoms with Gasteiger partial charge >= 0.3 is 0 Å². The number of ether oxygens (including phenoxy) is 3. The van der Waals surface area contributed by atoms with Crippen molar-refractivity contribution in [3.8, 4) is 5.75 Å². The second-order valence-electron chi connectivity index (χ2n) is 4.05. The van der Waals surface area contributed by atoms with Crippen molar-refractivity contribution in [3.63, 3.8) is 0 Å². The van der Waals surface area contributed by atoms with Gasteiger partial charge in [0.05, 0.1) is 25.9 Å². The zero-order valence-electron chi connectivity index (χ0n) is 10.1. The average molecular weight is 301 g/mol. The number of benzene rings is 1. The molecule has 1 aliphatic heterocycles. The maximum Gasteiger partial charge on any atom is 0.119 e. The molecular formula is C13H17BrO3. The van der Waals surface area contributed by atoms with E-state index in [1.54, 1.807) is 0 Å². The van der Waals surface area contributed by atoms with Gasteiger partial charge in [0.15, 0.2) is 0 Å². The van der Waals surface area contributed by atoms with Crippen molar-refractivity contribution in [1.82, 2.24) is 0 Å². The van der Waals surface area contributed by atoms with Gasteiger partial charge in [0, 0.05) is 4.47 Å². The lowest BCUT2D eigenvalue weighted by Crippen LogP contribution is -2.07. The Kier molecular flexibility index (Phi) is 4.42. The van der Waals surface area contributed by atoms with Gasteiger partial charge in [-0.3, -0.25) is 0 Å². The molecule has 1 fully saturated rings. The fourth-order valence-electron chi connectivity index (χ4n) is 1.60. The molecule has 0 bridgehead atoms. The molecule has 1 aliphatic rings. The highest BCUT2D eigenvalue weighted by molar-refractivity contribution is 9.10. The van der Waals surface area contributed by atoms with E-state index in [0.29, 0.717) is 19.3 Å². The van der Waals surface area contributed by atoms with Crippen molar-refractivity contribution >= 4 is 15.9 Å². The van der Waals surface area contributed by atoms with Crippen LogP contribution in [-0.4, -0.2) is 25.9 Å². The molecule has 0 N–H and O–H groups in total. The van der Waals surface area contributed by atoms with E-state index in [4.69, 9.17) is 14.2 Å². The SMILES string of the molecule is CCOc1ccc(Br)c([C@@H](C)OC[C@H]2CO2)c1. The van der Waals surface area contributed by atoms with E-state index in [0.717, 1.165) is 22.4 Å². The van der Waals surface area contributed by atoms with Crippen molar-refractivity contribution in [3.05, 3.63) is 28.2 Å². The van der Waals surface area contributed by atoms with Gasteiger partial charge in [-0.15, -0.1) is 0 Å². The molecule has 0 aromatic heterocycles. The minimum absolute atomic E-state index is 0.0361. The summed E-state index contributed by atoms with van der Waals surface area (Å²) >= 11 is 3.54. The summed E-state index contributed by atoms with van der Waals surface area (Å²) in [7, 11) is 0. The van der Waals surface area contributed by atoms with Crippen molar-refractivity contribution in [2.45, 2.75) is 26.1 Å². The molecule has 0 amide bonds. The van der Waals surface area contributed by atoms with E-state index in [9.17, 15) is 0 Å². The fraction of sp³-hybridized carbons (Fsp3) is 0.538. The Morgan fingerprint density at radius 3 is 2.94 bits per heavy atom. The van der Waals surface area contributed by atoms with Crippen molar-refractivity contribution in [2.75, 3.05) is 19.8 Å². The fourth-order valence-corrected chi connectivity index (χ4v) is 2.16. The average Bonchev–Trinajstić information content (AvgIpc) is 3.13. The maximum atomic E-state index is 5.76. The third-order valence-corrected chi connectivity index (χ3v) is 3.37. The van der Waals surface area contributed by atoms with Gasteiger partial charge < -0.3 is 14.2 Å². The van der Waals surface area contributed by atoms with Crippen LogP contribution in [0.5, 0.6) is 5.75 Å². The van der Waals surface area contributed by atoms with E-state index in [-0.39, 0.29) is 6.10 Å². The van der Waals surface area contributed by atoms with E-state index in [2.05, 4.69) is 15.9 Å². The molecule has 2 atom stereocenters. The molecule has 1 heterocycles. The van der Waals surface area contributed by atoms with Gasteiger partial charge in [0.2, 0.25) is 0 Å². The Bertz CT molecular complexity index is 377. The first-order chi connectivity index (χ1) is 8.20. The quantitative estimate of drug-likeness (QED) is 0.755. The number of hydrogen-bond donors (Lipinski definition) is 0. The van der Waals surface area contributed by atoms with Crippen LogP contribution in [0.15, 0.2) is 22.7 Å². The first-order valence-electron chi connectivity index (χ1n) is 5.86. The molecule has 1 aromatic carbocycles. The lowest BCUT2D eigenvalue weighted by molar-refractivity contribution is 0.0534. The highest BCUT2D eigenvalue weighted by atomic mass is 79.9. The Balaban J connectivity index is 2.02. The molecule has 0 unspecified atom stereocenters. The molecule has 1 saturated heterocycles. The van der Waals surface area contributed by atoms with Gasteiger partial charge in [-0.05, 0) is 37.6 Å². The molecule has 2 rings (SSSR count). The molecule has 0 spiro atoms. The van der Waals surface area contributed by atoms with Crippen LogP contribution in [-0.2, 0) is 9.47 Å². The van der Waals surface area contributed by atoms with Crippen LogP contribution in [0.25, 0.3) is 0 Å². The Labute approximate surface area is 110 Å². The van der Waals surface area contributed by atoms with Crippen LogP contribution in [0.2, 0.25) is 0 Å². The van der Waals surface area contributed by atoms with Crippen molar-refractivity contribution in [2.24, 2.45) is 0 Å². The second-order valence-corrected chi connectivity index (χ2v) is 4.90. The largest absolute Gasteiger partial charge is 0.494 e. The first kappa shape index (κ1) is 12.9. The lowest BCUT2D eigenvalue weighted by Gasteiger charge is -2.15. The molecule has 4 heteroatoms. The topological polar surface area (TPSA) is 31.0 Å². The van der Waals surface area contributed by atoms with E-state index in [1.807, 2.05) is 32.0 Å². The minimum Gasteiger partial charge on any atom is -0.494 e. The summed E-state index contributed by atoms with van der Waals surface area (Å²) in [5, 5.41) is 0. The molecule has 94 valence electrons. The number of hydrogen-bond acceptors (Lipinski definition) is 3. The second kappa shape index (κ2) is 5.85. The zero-order chi connectivity index (χ0) is 12.3. The monoisotopic (exact) mass is 300 g/mol. The molecule has 3 nitrogen and oxygen atoms in total. The minimum atomic E-state index is 0.0361. The third kappa shape index (κ3) is 3.69. The van der Waals surface area contributed by atoms with E-state index in [1.165, 1.54) is 0 Å². The van der Waals surface area contributed by atoms with Gasteiger partial charge in [-0.25, -0.2) is 0 Å². The highest BCUT2D eigenvalue weighted by Crippen LogP contribution is 2.30. The number of rotatable bonds is 6. The van der Waals surface area contributed by atoms with Crippen LogP contribution in [0.4, 0.5) is 0 Å². The van der Waals surface area contributed by atoms with Gasteiger partial charge in [-0.2, -0.15) is 0 Å². The van der Waals surface area contributed by atoms with E-state index >= 15 is 0 Å². The van der Waals surface area contributed by atoms with Crippen molar-refractivity contribution in [1.29, 1.82) is 0 Å². The van der Waals surface area contributed by atoms with Gasteiger partial charge in [0.1, 0.15) is 11.9 Å². The molecule has 0 saturated carbocycles. The predicted octanol–water partition coefficient (Wildman–Crippen LogP) is 3.32. The first-order valence-corrected chi connectivity index (χ1v) is 6.65. The molecule has 0 aliphatic carbocycles. The van der Waals surface area contributed by atoms with Crippen LogP contribution >= 0.6 is 15.9 Å². The standard InChI is InChI=1S/C13H17BrO3/c1-3-15-10-4-5-13(14)12(6-10)9(2)16-7-11-8-17-11/h4-6,9,11H,3,7-8H2,1-2H3/t9-,11+/m1/s1. The molecule has 1 aromatic rings. The smallest absolute Gasteiger partial charge is 0.119 e. The Morgan fingerprint density at radius 2 is 2.29 bits per heavy atom. The summed E-state index contributed by atoms with van der Waals surface area (Å²) < 4.78 is 17.4. The summed E-state index contributed by atoms with van der Waals surface area (Å²) in [6, 6.07) is 5.97. The summed E-state index contributed by atoms with van der Waals surface area (Å²) in [4.78, 5) is 0. The predicted molar refractivity (Wildman–Crippen MR) is 69.4 cm³/mol. The Hall–Kier alpha value is -0.580. The van der Waals surface area contributed by atoms with Gasteiger partial charge in [-0.1, -0.05) is 15.9 Å². The molecule has 0 radical (unpaired) electrons. The summed E-state index contributed by atoms with van der Waals surface area (Å²) in [6.45, 7) is 6.18. The van der Waals surface area contributed by atoms with Crippen LogP contribution in [0, 0.1) is 0 Å². The van der Waals surface area contributed by atoms with Crippen molar-refractivity contribution < 1.29 is 14.2 Å². The third-order valence-electron chi connectivity index (χ3n) is 2.65. The van der Waals surface area contributed by atoms with Crippen LogP contribution < -0.4 is 4.74 Å². The maximum absolute atomic E-state index is 5.76. The summed E-state index contributed by atoms with van der Waals surface area (Å²) in [5.74, 6) is 0.879. The van der Waals surface area contributed by atoms with Crippen LogP contribution in [0.1, 0.15) is 25.5 Å². The van der Waals surface area contributed by atoms with Crippen LogP contribution in [0.3, 0.4) is 0 Å². The molecular weight excluding hydrogens is 284 g/mol. The number of epoxide rings is 1.